The molecule has 0 amide bonds. The van der Waals surface area contributed by atoms with E-state index in [1.165, 1.54) is 0 Å². The molecule has 1 fully saturated rings. The van der Waals surface area contributed by atoms with Crippen molar-refractivity contribution in [2.75, 3.05) is 0 Å². The predicted octanol–water partition coefficient (Wildman–Crippen LogP) is 1.18. The van der Waals surface area contributed by atoms with Gasteiger partial charge in [0.1, 0.15) is 5.82 Å². The third kappa shape index (κ3) is 1.65. The highest BCUT2D eigenvalue weighted by Crippen LogP contribution is 2.34. The smallest absolute Gasteiger partial charge is 0.160 e. The Kier molecular flexibility index (Phi) is 2.10. The number of nitrogens with zero attached hydrogens (tertiary/aromatic N) is 2. The number of fused-ring (bicyclic) bond motifs is 1. The topological polar surface area (TPSA) is 60.9 Å². The zero-order valence-corrected chi connectivity index (χ0v) is 9.81. The van der Waals surface area contributed by atoms with Crippen molar-refractivity contribution in [2.45, 2.75) is 24.8 Å². The van der Waals surface area contributed by atoms with E-state index < -0.39 is 5.54 Å². The molecule has 0 bridgehead atoms. The minimum Gasteiger partial charge on any atom is -0.331 e. The van der Waals surface area contributed by atoms with Gasteiger partial charge in [-0.05, 0) is 25.0 Å². The largest absolute Gasteiger partial charge is 0.331 e. The van der Waals surface area contributed by atoms with Crippen LogP contribution in [0.1, 0.15) is 18.7 Å². The molecule has 0 saturated heterocycles. The number of aromatic nitrogens is 2. The van der Waals surface area contributed by atoms with Gasteiger partial charge >= 0.3 is 0 Å². The Hall–Kier alpha value is -1.68. The molecule has 4 heteroatoms. The van der Waals surface area contributed by atoms with Crippen molar-refractivity contribution in [2.24, 2.45) is 12.8 Å². The van der Waals surface area contributed by atoms with Crippen molar-refractivity contribution in [1.29, 1.82) is 0 Å². The molecule has 1 heterocycles. The average molecular weight is 229 g/mol. The third-order valence-electron chi connectivity index (χ3n) is 3.54. The number of hydrogen-bond acceptors (Lipinski definition) is 3. The first kappa shape index (κ1) is 10.5. The maximum absolute atomic E-state index is 11.9. The minimum atomic E-state index is -0.557. The average Bonchev–Trinajstić information content (AvgIpc) is 3.00. The van der Waals surface area contributed by atoms with Crippen molar-refractivity contribution >= 4 is 16.8 Å². The molecule has 88 valence electrons. The van der Waals surface area contributed by atoms with Crippen LogP contribution in [0.2, 0.25) is 0 Å². The fourth-order valence-electron chi connectivity index (χ4n) is 2.09. The predicted molar refractivity (Wildman–Crippen MR) is 65.6 cm³/mol. The van der Waals surface area contributed by atoms with Crippen LogP contribution in [-0.4, -0.2) is 20.9 Å². The molecular formula is C13H15N3O. The van der Waals surface area contributed by atoms with Gasteiger partial charge in [0, 0.05) is 7.05 Å². The molecule has 2 aromatic rings. The van der Waals surface area contributed by atoms with E-state index in [0.29, 0.717) is 6.42 Å². The first-order valence-corrected chi connectivity index (χ1v) is 5.83. The second kappa shape index (κ2) is 3.40. The van der Waals surface area contributed by atoms with Gasteiger partial charge in [0.05, 0.1) is 23.0 Å². The van der Waals surface area contributed by atoms with Gasteiger partial charge in [-0.1, -0.05) is 12.1 Å². The maximum Gasteiger partial charge on any atom is 0.160 e. The standard InChI is InChI=1S/C13H15N3O/c1-16-10-5-3-2-4-9(10)15-12(16)8-11(17)13(14)6-7-13/h2-5H,6-8,14H2,1H3. The minimum absolute atomic E-state index is 0.107. The quantitative estimate of drug-likeness (QED) is 0.859. The molecular weight excluding hydrogens is 214 g/mol. The number of imidazole rings is 1. The van der Waals surface area contributed by atoms with Gasteiger partial charge in [-0.15, -0.1) is 0 Å². The Morgan fingerprint density at radius 1 is 1.47 bits per heavy atom. The lowest BCUT2D eigenvalue weighted by atomic mass is 10.1. The highest BCUT2D eigenvalue weighted by Gasteiger charge is 2.45. The Balaban J connectivity index is 1.95. The van der Waals surface area contributed by atoms with Gasteiger partial charge in [-0.3, -0.25) is 4.79 Å². The molecule has 2 N–H and O–H groups in total. The molecule has 1 aliphatic carbocycles. The van der Waals surface area contributed by atoms with E-state index in [0.717, 1.165) is 29.7 Å². The van der Waals surface area contributed by atoms with E-state index in [2.05, 4.69) is 4.98 Å². The number of Topliss-reactive ketones (excluding diaryl/α,β-unsaturated/α-hetero) is 1. The van der Waals surface area contributed by atoms with E-state index >= 15 is 0 Å². The van der Waals surface area contributed by atoms with E-state index in [1.54, 1.807) is 0 Å². The summed E-state index contributed by atoms with van der Waals surface area (Å²) in [5.41, 5.74) is 7.32. The van der Waals surface area contributed by atoms with Crippen LogP contribution in [0.4, 0.5) is 0 Å². The first-order valence-electron chi connectivity index (χ1n) is 5.83. The summed E-state index contributed by atoms with van der Waals surface area (Å²) in [4.78, 5) is 16.4. The van der Waals surface area contributed by atoms with Gasteiger partial charge in [0.25, 0.3) is 0 Å². The Labute approximate surface area is 99.4 Å². The normalized spacial score (nSPS) is 17.3. The summed E-state index contributed by atoms with van der Waals surface area (Å²) < 4.78 is 1.97. The Morgan fingerprint density at radius 3 is 2.82 bits per heavy atom. The molecule has 0 aliphatic heterocycles. The van der Waals surface area contributed by atoms with Crippen LogP contribution < -0.4 is 5.73 Å². The number of aryl methyl sites for hydroxylation is 1. The maximum atomic E-state index is 11.9. The fraction of sp³-hybridized carbons (Fsp3) is 0.385. The number of benzene rings is 1. The second-order valence-electron chi connectivity index (χ2n) is 4.83. The molecule has 4 nitrogen and oxygen atoms in total. The fourth-order valence-corrected chi connectivity index (χ4v) is 2.09. The van der Waals surface area contributed by atoms with Crippen molar-refractivity contribution in [3.05, 3.63) is 30.1 Å². The molecule has 0 atom stereocenters. The SMILES string of the molecule is Cn1c(CC(=O)C2(N)CC2)nc2ccccc21. The van der Waals surface area contributed by atoms with E-state index in [-0.39, 0.29) is 5.78 Å². The molecule has 1 aliphatic rings. The van der Waals surface area contributed by atoms with Crippen molar-refractivity contribution in [3.63, 3.8) is 0 Å². The molecule has 1 saturated carbocycles. The lowest BCUT2D eigenvalue weighted by molar-refractivity contribution is -0.120. The van der Waals surface area contributed by atoms with Crippen LogP contribution in [0.15, 0.2) is 24.3 Å². The van der Waals surface area contributed by atoms with Gasteiger partial charge in [-0.2, -0.15) is 0 Å². The zero-order chi connectivity index (χ0) is 12.0. The van der Waals surface area contributed by atoms with Crippen molar-refractivity contribution in [3.8, 4) is 0 Å². The summed E-state index contributed by atoms with van der Waals surface area (Å²) in [6.07, 6.45) is 1.97. The summed E-state index contributed by atoms with van der Waals surface area (Å²) in [5.74, 6) is 0.906. The lowest BCUT2D eigenvalue weighted by Crippen LogP contribution is -2.34. The van der Waals surface area contributed by atoms with Gasteiger partial charge < -0.3 is 10.3 Å². The third-order valence-corrected chi connectivity index (χ3v) is 3.54. The Bertz CT molecular complexity index is 596. The number of para-hydroxylation sites is 2. The Morgan fingerprint density at radius 2 is 2.18 bits per heavy atom. The number of hydrogen-bond donors (Lipinski definition) is 1. The molecule has 1 aromatic heterocycles. The molecule has 0 spiro atoms. The van der Waals surface area contributed by atoms with E-state index in [9.17, 15) is 4.79 Å². The van der Waals surface area contributed by atoms with Crippen LogP contribution in [0.5, 0.6) is 0 Å². The number of carbonyl (C=O) groups excluding carboxylic acids is 1. The van der Waals surface area contributed by atoms with Crippen molar-refractivity contribution < 1.29 is 4.79 Å². The summed E-state index contributed by atoms with van der Waals surface area (Å²) in [6, 6.07) is 7.89. The highest BCUT2D eigenvalue weighted by molar-refractivity contribution is 5.92. The summed E-state index contributed by atoms with van der Waals surface area (Å²) in [7, 11) is 1.94. The second-order valence-corrected chi connectivity index (χ2v) is 4.83. The lowest BCUT2D eigenvalue weighted by Gasteiger charge is -2.07. The highest BCUT2D eigenvalue weighted by atomic mass is 16.1. The van der Waals surface area contributed by atoms with Crippen LogP contribution in [-0.2, 0) is 18.3 Å². The summed E-state index contributed by atoms with van der Waals surface area (Å²) in [6.45, 7) is 0. The van der Waals surface area contributed by atoms with Crippen LogP contribution >= 0.6 is 0 Å². The number of rotatable bonds is 3. The number of ketones is 1. The summed E-state index contributed by atoms with van der Waals surface area (Å²) in [5, 5.41) is 0. The van der Waals surface area contributed by atoms with Crippen LogP contribution in [0.3, 0.4) is 0 Å². The van der Waals surface area contributed by atoms with Gasteiger partial charge in [-0.25, -0.2) is 4.98 Å². The summed E-state index contributed by atoms with van der Waals surface area (Å²) >= 11 is 0. The van der Waals surface area contributed by atoms with Crippen molar-refractivity contribution in [1.82, 2.24) is 9.55 Å². The van der Waals surface area contributed by atoms with Crippen LogP contribution in [0, 0.1) is 0 Å². The molecule has 0 radical (unpaired) electrons. The zero-order valence-electron chi connectivity index (χ0n) is 9.81. The molecule has 17 heavy (non-hydrogen) atoms. The van der Waals surface area contributed by atoms with Gasteiger partial charge in [0.2, 0.25) is 0 Å². The number of nitrogens with two attached hydrogens (primary N) is 1. The van der Waals surface area contributed by atoms with Gasteiger partial charge in [0.15, 0.2) is 5.78 Å². The van der Waals surface area contributed by atoms with E-state index in [1.807, 2.05) is 35.9 Å². The number of carbonyl (C=O) groups is 1. The van der Waals surface area contributed by atoms with E-state index in [4.69, 9.17) is 5.73 Å². The molecule has 0 unspecified atom stereocenters. The monoisotopic (exact) mass is 229 g/mol. The molecule has 3 rings (SSSR count). The molecule has 1 aromatic carbocycles. The first-order chi connectivity index (χ1) is 8.10. The van der Waals surface area contributed by atoms with Crippen LogP contribution in [0.25, 0.3) is 11.0 Å².